The highest BCUT2D eigenvalue weighted by Crippen LogP contribution is 2.47. The molecule has 2 aliphatic carbocycles. The number of halogens is 1. The van der Waals surface area contributed by atoms with Gasteiger partial charge in [-0.25, -0.2) is 0 Å². The van der Waals surface area contributed by atoms with E-state index < -0.39 is 0 Å². The molecule has 0 spiro atoms. The van der Waals surface area contributed by atoms with Gasteiger partial charge in [-0.1, -0.05) is 27.2 Å². The van der Waals surface area contributed by atoms with Crippen LogP contribution in [0.15, 0.2) is 0 Å². The largest absolute Gasteiger partial charge is 0.315 e. The molecule has 0 aliphatic heterocycles. The van der Waals surface area contributed by atoms with Gasteiger partial charge in [0.2, 0.25) is 0 Å². The highest BCUT2D eigenvalue weighted by molar-refractivity contribution is 6.20. The Morgan fingerprint density at radius 1 is 1.24 bits per heavy atom. The zero-order valence-corrected chi connectivity index (χ0v) is 12.4. The summed E-state index contributed by atoms with van der Waals surface area (Å²) in [5.74, 6) is 3.05. The summed E-state index contributed by atoms with van der Waals surface area (Å²) >= 11 is 6.37. The van der Waals surface area contributed by atoms with Crippen LogP contribution >= 0.6 is 11.6 Å². The van der Waals surface area contributed by atoms with Gasteiger partial charge in [0, 0.05) is 11.9 Å². The first-order chi connectivity index (χ1) is 7.94. The van der Waals surface area contributed by atoms with Gasteiger partial charge < -0.3 is 5.32 Å². The van der Waals surface area contributed by atoms with Crippen molar-refractivity contribution >= 4 is 11.6 Å². The molecule has 4 unspecified atom stereocenters. The SMILES string of the molecule is CC(C)(C)CC(Cl)CNCC1CC2CCC1C2. The maximum absolute atomic E-state index is 6.37. The summed E-state index contributed by atoms with van der Waals surface area (Å²) in [5, 5.41) is 3.89. The molecule has 2 bridgehead atoms. The fraction of sp³-hybridized carbons (Fsp3) is 1.00. The Labute approximate surface area is 112 Å². The molecule has 1 nitrogen and oxygen atoms in total. The van der Waals surface area contributed by atoms with Gasteiger partial charge in [-0.05, 0) is 55.4 Å². The van der Waals surface area contributed by atoms with E-state index in [1.807, 2.05) is 0 Å². The van der Waals surface area contributed by atoms with Gasteiger partial charge >= 0.3 is 0 Å². The van der Waals surface area contributed by atoms with E-state index in [1.54, 1.807) is 0 Å². The number of rotatable bonds is 5. The molecule has 0 aromatic rings. The smallest absolute Gasteiger partial charge is 0.0465 e. The molecule has 2 heteroatoms. The number of nitrogens with one attached hydrogen (secondary N) is 1. The van der Waals surface area contributed by atoms with Gasteiger partial charge in [0.05, 0.1) is 0 Å². The van der Waals surface area contributed by atoms with Gasteiger partial charge in [-0.15, -0.1) is 11.6 Å². The molecule has 2 fully saturated rings. The average Bonchev–Trinajstić information content (AvgIpc) is 2.75. The zero-order valence-electron chi connectivity index (χ0n) is 11.6. The third-order valence-electron chi connectivity index (χ3n) is 4.49. The van der Waals surface area contributed by atoms with Crippen LogP contribution in [0.1, 0.15) is 52.9 Å². The normalized spacial score (nSPS) is 34.2. The number of hydrogen-bond acceptors (Lipinski definition) is 1. The van der Waals surface area contributed by atoms with Crippen molar-refractivity contribution in [1.29, 1.82) is 0 Å². The van der Waals surface area contributed by atoms with Gasteiger partial charge in [0.15, 0.2) is 0 Å². The summed E-state index contributed by atoms with van der Waals surface area (Å²) in [6.07, 6.45) is 7.08. The van der Waals surface area contributed by atoms with Crippen LogP contribution in [0.5, 0.6) is 0 Å². The Bertz CT molecular complexity index is 246. The van der Waals surface area contributed by atoms with Crippen molar-refractivity contribution in [1.82, 2.24) is 5.32 Å². The van der Waals surface area contributed by atoms with Crippen molar-refractivity contribution in [2.75, 3.05) is 13.1 Å². The molecule has 0 aromatic heterocycles. The minimum Gasteiger partial charge on any atom is -0.315 e. The van der Waals surface area contributed by atoms with Crippen LogP contribution in [-0.4, -0.2) is 18.5 Å². The Hall–Kier alpha value is 0.250. The number of fused-ring (bicyclic) bond motifs is 2. The fourth-order valence-corrected chi connectivity index (χ4v) is 4.36. The standard InChI is InChI=1S/C15H28ClN/c1-15(2,3)8-14(16)10-17-9-13-7-11-4-5-12(13)6-11/h11-14,17H,4-10H2,1-3H3. The van der Waals surface area contributed by atoms with E-state index in [0.29, 0.717) is 5.41 Å². The molecule has 1 N–H and O–H groups in total. The lowest BCUT2D eigenvalue weighted by atomic mass is 9.88. The summed E-state index contributed by atoms with van der Waals surface area (Å²) in [4.78, 5) is 0. The summed E-state index contributed by atoms with van der Waals surface area (Å²) < 4.78 is 0. The first-order valence-corrected chi connectivity index (χ1v) is 7.72. The lowest BCUT2D eigenvalue weighted by Gasteiger charge is -2.25. The summed E-state index contributed by atoms with van der Waals surface area (Å²) in [7, 11) is 0. The van der Waals surface area contributed by atoms with Crippen LogP contribution < -0.4 is 5.32 Å². The van der Waals surface area contributed by atoms with E-state index in [0.717, 1.165) is 30.7 Å². The molecule has 0 amide bonds. The molecule has 17 heavy (non-hydrogen) atoms. The van der Waals surface area contributed by atoms with Crippen LogP contribution in [0.2, 0.25) is 0 Å². The van der Waals surface area contributed by atoms with E-state index >= 15 is 0 Å². The monoisotopic (exact) mass is 257 g/mol. The molecule has 4 atom stereocenters. The van der Waals surface area contributed by atoms with Gasteiger partial charge in [0.25, 0.3) is 0 Å². The Morgan fingerprint density at radius 3 is 2.53 bits per heavy atom. The van der Waals surface area contributed by atoms with E-state index in [-0.39, 0.29) is 5.38 Å². The Balaban J connectivity index is 1.60. The van der Waals surface area contributed by atoms with Crippen LogP contribution in [0.3, 0.4) is 0 Å². The average molecular weight is 258 g/mol. The second-order valence-corrected chi connectivity index (χ2v) is 8.07. The molecule has 0 aromatic carbocycles. The predicted octanol–water partition coefficient (Wildman–Crippen LogP) is 4.06. The topological polar surface area (TPSA) is 12.0 Å². The lowest BCUT2D eigenvalue weighted by molar-refractivity contribution is 0.312. The number of hydrogen-bond donors (Lipinski definition) is 1. The molecule has 2 aliphatic rings. The molecule has 0 saturated heterocycles. The molecule has 2 saturated carbocycles. The highest BCUT2D eigenvalue weighted by Gasteiger charge is 2.38. The minimum atomic E-state index is 0.286. The van der Waals surface area contributed by atoms with E-state index in [1.165, 1.54) is 32.2 Å². The molecule has 100 valence electrons. The van der Waals surface area contributed by atoms with E-state index in [4.69, 9.17) is 11.6 Å². The third kappa shape index (κ3) is 4.13. The minimum absolute atomic E-state index is 0.286. The zero-order chi connectivity index (χ0) is 12.5. The first kappa shape index (κ1) is 13.7. The third-order valence-corrected chi connectivity index (χ3v) is 4.80. The van der Waals surface area contributed by atoms with Crippen LogP contribution in [-0.2, 0) is 0 Å². The van der Waals surface area contributed by atoms with Crippen molar-refractivity contribution in [2.24, 2.45) is 23.2 Å². The second kappa shape index (κ2) is 5.48. The number of alkyl halides is 1. The van der Waals surface area contributed by atoms with Gasteiger partial charge in [0.1, 0.15) is 0 Å². The second-order valence-electron chi connectivity index (χ2n) is 7.46. The maximum Gasteiger partial charge on any atom is 0.0465 e. The lowest BCUT2D eigenvalue weighted by Crippen LogP contribution is -2.32. The van der Waals surface area contributed by atoms with Gasteiger partial charge in [-0.3, -0.25) is 0 Å². The fourth-order valence-electron chi connectivity index (χ4n) is 3.79. The van der Waals surface area contributed by atoms with Crippen LogP contribution in [0.4, 0.5) is 0 Å². The molecule has 0 radical (unpaired) electrons. The van der Waals surface area contributed by atoms with Gasteiger partial charge in [-0.2, -0.15) is 0 Å². The van der Waals surface area contributed by atoms with Crippen molar-refractivity contribution in [3.8, 4) is 0 Å². The first-order valence-electron chi connectivity index (χ1n) is 7.29. The van der Waals surface area contributed by atoms with Crippen molar-refractivity contribution in [2.45, 2.75) is 58.3 Å². The van der Waals surface area contributed by atoms with E-state index in [9.17, 15) is 0 Å². The van der Waals surface area contributed by atoms with Crippen molar-refractivity contribution in [3.63, 3.8) is 0 Å². The van der Waals surface area contributed by atoms with Crippen molar-refractivity contribution < 1.29 is 0 Å². The quantitative estimate of drug-likeness (QED) is 0.733. The van der Waals surface area contributed by atoms with E-state index in [2.05, 4.69) is 26.1 Å². The molecular weight excluding hydrogens is 230 g/mol. The Morgan fingerprint density at radius 2 is 2.00 bits per heavy atom. The highest BCUT2D eigenvalue weighted by atomic mass is 35.5. The summed E-state index contributed by atoms with van der Waals surface area (Å²) in [5.41, 5.74) is 0.348. The van der Waals surface area contributed by atoms with Crippen LogP contribution in [0, 0.1) is 23.2 Å². The van der Waals surface area contributed by atoms with Crippen molar-refractivity contribution in [3.05, 3.63) is 0 Å². The summed E-state index contributed by atoms with van der Waals surface area (Å²) in [6, 6.07) is 0. The summed E-state index contributed by atoms with van der Waals surface area (Å²) in [6.45, 7) is 8.97. The predicted molar refractivity (Wildman–Crippen MR) is 75.5 cm³/mol. The molecule has 2 rings (SSSR count). The molecular formula is C15H28ClN. The van der Waals surface area contributed by atoms with Crippen LogP contribution in [0.25, 0.3) is 0 Å². The maximum atomic E-state index is 6.37. The Kier molecular flexibility index (Phi) is 4.41. The molecule has 0 heterocycles.